The van der Waals surface area contributed by atoms with Crippen LogP contribution < -0.4 is 0 Å². The van der Waals surface area contributed by atoms with Crippen molar-refractivity contribution in [2.75, 3.05) is 5.33 Å². The van der Waals surface area contributed by atoms with Crippen molar-refractivity contribution in [1.82, 2.24) is 0 Å². The van der Waals surface area contributed by atoms with E-state index < -0.39 is 0 Å². The summed E-state index contributed by atoms with van der Waals surface area (Å²) in [5.41, 5.74) is 0. The number of alkyl halides is 1. The molecule has 0 N–H and O–H groups in total. The first-order valence-electron chi connectivity index (χ1n) is 5.35. The highest BCUT2D eigenvalue weighted by Crippen LogP contribution is 2.28. The topological polar surface area (TPSA) is 9.23 Å². The molecule has 0 aliphatic carbocycles. The van der Waals surface area contributed by atoms with Gasteiger partial charge in [-0.05, 0) is 38.0 Å². The smallest absolute Gasteiger partial charge is 0.0582 e. The zero-order valence-electron chi connectivity index (χ0n) is 8.92. The lowest BCUT2D eigenvalue weighted by molar-refractivity contribution is 0.0388. The van der Waals surface area contributed by atoms with Crippen LogP contribution in [0, 0.1) is 11.8 Å². The minimum Gasteiger partial charge on any atom is -0.375 e. The van der Waals surface area contributed by atoms with E-state index in [4.69, 9.17) is 4.74 Å². The highest BCUT2D eigenvalue weighted by atomic mass is 79.9. The predicted octanol–water partition coefficient (Wildman–Crippen LogP) is 3.61. The molecule has 13 heavy (non-hydrogen) atoms. The Balaban J connectivity index is 2.30. The predicted molar refractivity (Wildman–Crippen MR) is 60.3 cm³/mol. The Bertz CT molecular complexity index is 147. The van der Waals surface area contributed by atoms with E-state index in [9.17, 15) is 0 Å². The van der Waals surface area contributed by atoms with Gasteiger partial charge >= 0.3 is 0 Å². The molecule has 1 rings (SSSR count). The van der Waals surface area contributed by atoms with Gasteiger partial charge in [0.15, 0.2) is 0 Å². The van der Waals surface area contributed by atoms with E-state index in [0.29, 0.717) is 12.2 Å². The summed E-state index contributed by atoms with van der Waals surface area (Å²) >= 11 is 3.58. The Kier molecular flexibility index (Phi) is 4.74. The third kappa shape index (κ3) is 3.59. The third-order valence-electron chi connectivity index (χ3n) is 3.03. The lowest BCUT2D eigenvalue weighted by Crippen LogP contribution is -2.19. The molecule has 0 aromatic carbocycles. The van der Waals surface area contributed by atoms with Gasteiger partial charge in [-0.3, -0.25) is 0 Å². The summed E-state index contributed by atoms with van der Waals surface area (Å²) in [5.74, 6) is 1.54. The fourth-order valence-corrected chi connectivity index (χ4v) is 2.92. The Labute approximate surface area is 90.4 Å². The van der Waals surface area contributed by atoms with Crippen LogP contribution in [0.2, 0.25) is 0 Å². The van der Waals surface area contributed by atoms with E-state index in [2.05, 4.69) is 36.7 Å². The first kappa shape index (κ1) is 11.5. The highest BCUT2D eigenvalue weighted by Gasteiger charge is 2.25. The number of hydrogen-bond donors (Lipinski definition) is 0. The molecular weight excluding hydrogens is 228 g/mol. The van der Waals surface area contributed by atoms with Gasteiger partial charge in [0, 0.05) is 5.33 Å². The van der Waals surface area contributed by atoms with Gasteiger partial charge in [0.1, 0.15) is 0 Å². The summed E-state index contributed by atoms with van der Waals surface area (Å²) in [6.07, 6.45) is 4.76. The molecule has 1 aliphatic heterocycles. The molecule has 0 spiro atoms. The standard InChI is InChI=1S/C11H21BrO/c1-8(2)10(7-12)6-11-5-4-9(3)13-11/h8-11H,4-7H2,1-3H3. The average Bonchev–Trinajstić information content (AvgIpc) is 2.46. The molecule has 3 atom stereocenters. The minimum atomic E-state index is 0.494. The van der Waals surface area contributed by atoms with E-state index >= 15 is 0 Å². The Morgan fingerprint density at radius 1 is 1.38 bits per heavy atom. The molecule has 1 nitrogen and oxygen atoms in total. The van der Waals surface area contributed by atoms with Crippen LogP contribution in [0.15, 0.2) is 0 Å². The third-order valence-corrected chi connectivity index (χ3v) is 3.86. The van der Waals surface area contributed by atoms with Crippen molar-refractivity contribution < 1.29 is 4.74 Å². The summed E-state index contributed by atoms with van der Waals surface area (Å²) in [4.78, 5) is 0. The first-order chi connectivity index (χ1) is 6.13. The van der Waals surface area contributed by atoms with Crippen molar-refractivity contribution in [1.29, 1.82) is 0 Å². The molecule has 0 amide bonds. The second-order valence-corrected chi connectivity index (χ2v) is 5.19. The van der Waals surface area contributed by atoms with Gasteiger partial charge < -0.3 is 4.74 Å². The van der Waals surface area contributed by atoms with Gasteiger partial charge in [-0.1, -0.05) is 29.8 Å². The van der Waals surface area contributed by atoms with E-state index in [1.165, 1.54) is 19.3 Å². The molecule has 1 fully saturated rings. The lowest BCUT2D eigenvalue weighted by atomic mass is 9.91. The molecule has 0 aromatic heterocycles. The van der Waals surface area contributed by atoms with Gasteiger partial charge in [-0.2, -0.15) is 0 Å². The van der Waals surface area contributed by atoms with Gasteiger partial charge in [-0.25, -0.2) is 0 Å². The Hall–Kier alpha value is 0.440. The van der Waals surface area contributed by atoms with E-state index in [-0.39, 0.29) is 0 Å². The number of rotatable bonds is 4. The van der Waals surface area contributed by atoms with Crippen LogP contribution in [-0.4, -0.2) is 17.5 Å². The zero-order chi connectivity index (χ0) is 9.84. The van der Waals surface area contributed by atoms with Crippen LogP contribution in [0.25, 0.3) is 0 Å². The molecule has 1 heterocycles. The van der Waals surface area contributed by atoms with Gasteiger partial charge in [0.2, 0.25) is 0 Å². The van der Waals surface area contributed by atoms with Crippen molar-refractivity contribution in [2.45, 2.75) is 52.2 Å². The Morgan fingerprint density at radius 2 is 2.08 bits per heavy atom. The molecule has 2 heteroatoms. The van der Waals surface area contributed by atoms with Crippen LogP contribution in [0.4, 0.5) is 0 Å². The fourth-order valence-electron chi connectivity index (χ4n) is 1.91. The maximum absolute atomic E-state index is 5.82. The molecule has 78 valence electrons. The lowest BCUT2D eigenvalue weighted by Gasteiger charge is -2.21. The van der Waals surface area contributed by atoms with Crippen molar-refractivity contribution in [3.8, 4) is 0 Å². The molecule has 0 saturated carbocycles. The summed E-state index contributed by atoms with van der Waals surface area (Å²) < 4.78 is 5.82. The minimum absolute atomic E-state index is 0.494. The monoisotopic (exact) mass is 248 g/mol. The summed E-state index contributed by atoms with van der Waals surface area (Å²) in [7, 11) is 0. The molecule has 1 aliphatic rings. The zero-order valence-corrected chi connectivity index (χ0v) is 10.5. The number of hydrogen-bond acceptors (Lipinski definition) is 1. The summed E-state index contributed by atoms with van der Waals surface area (Å²) in [5, 5.41) is 1.11. The average molecular weight is 249 g/mol. The van der Waals surface area contributed by atoms with Crippen LogP contribution in [0.1, 0.15) is 40.0 Å². The second kappa shape index (κ2) is 5.35. The molecule has 1 saturated heterocycles. The fraction of sp³-hybridized carbons (Fsp3) is 1.00. The second-order valence-electron chi connectivity index (χ2n) is 4.54. The van der Waals surface area contributed by atoms with Crippen LogP contribution in [0.5, 0.6) is 0 Å². The van der Waals surface area contributed by atoms with Crippen molar-refractivity contribution in [3.63, 3.8) is 0 Å². The summed E-state index contributed by atoms with van der Waals surface area (Å²) in [6, 6.07) is 0. The largest absolute Gasteiger partial charge is 0.375 e. The van der Waals surface area contributed by atoms with Crippen molar-refractivity contribution >= 4 is 15.9 Å². The molecule has 0 bridgehead atoms. The number of halogens is 1. The van der Waals surface area contributed by atoms with E-state index in [1.807, 2.05) is 0 Å². The highest BCUT2D eigenvalue weighted by molar-refractivity contribution is 9.09. The molecular formula is C11H21BrO. The van der Waals surface area contributed by atoms with Crippen LogP contribution in [-0.2, 0) is 4.74 Å². The first-order valence-corrected chi connectivity index (χ1v) is 6.47. The molecule has 0 aromatic rings. The van der Waals surface area contributed by atoms with Crippen LogP contribution in [0.3, 0.4) is 0 Å². The molecule has 0 radical (unpaired) electrons. The van der Waals surface area contributed by atoms with Gasteiger partial charge in [0.25, 0.3) is 0 Å². The normalized spacial score (nSPS) is 31.2. The van der Waals surface area contributed by atoms with Crippen LogP contribution >= 0.6 is 15.9 Å². The quantitative estimate of drug-likeness (QED) is 0.691. The van der Waals surface area contributed by atoms with E-state index in [0.717, 1.165) is 17.2 Å². The van der Waals surface area contributed by atoms with E-state index in [1.54, 1.807) is 0 Å². The van der Waals surface area contributed by atoms with Gasteiger partial charge in [0.05, 0.1) is 12.2 Å². The summed E-state index contributed by atoms with van der Waals surface area (Å²) in [6.45, 7) is 6.77. The van der Waals surface area contributed by atoms with Gasteiger partial charge in [-0.15, -0.1) is 0 Å². The Morgan fingerprint density at radius 3 is 2.46 bits per heavy atom. The molecule has 3 unspecified atom stereocenters. The van der Waals surface area contributed by atoms with Crippen molar-refractivity contribution in [2.24, 2.45) is 11.8 Å². The maximum Gasteiger partial charge on any atom is 0.0582 e. The van der Waals surface area contributed by atoms with Crippen molar-refractivity contribution in [3.05, 3.63) is 0 Å². The number of ether oxygens (including phenoxy) is 1. The maximum atomic E-state index is 5.82. The SMILES string of the molecule is CC1CCC(CC(CBr)C(C)C)O1.